The lowest BCUT2D eigenvalue weighted by Crippen LogP contribution is -2.29. The Kier molecular flexibility index (Phi) is 35.1. The lowest BCUT2D eigenvalue weighted by molar-refractivity contribution is -0.161. The van der Waals surface area contributed by atoms with E-state index < -0.39 is 44.7 Å². The zero-order chi connectivity index (χ0) is 40.0. The highest BCUT2D eigenvalue weighted by Crippen LogP contribution is 2.36. The van der Waals surface area contributed by atoms with Crippen LogP contribution in [-0.2, 0) is 28.2 Å². The van der Waals surface area contributed by atoms with Gasteiger partial charge in [-0.05, 0) is 77.0 Å². The lowest BCUT2D eigenvalue weighted by Gasteiger charge is -2.18. The quantitative estimate of drug-likeness (QED) is 0.0211. The summed E-state index contributed by atoms with van der Waals surface area (Å²) in [6.07, 6.45) is 42.0. The van der Waals surface area contributed by atoms with Crippen molar-refractivity contribution in [1.82, 2.24) is 0 Å². The number of phosphoric acid groups is 1. The van der Waals surface area contributed by atoms with Crippen LogP contribution in [0.15, 0.2) is 85.1 Å². The monoisotopic (exact) mass is 778 g/mol. The average molecular weight is 779 g/mol. The van der Waals surface area contributed by atoms with Gasteiger partial charge >= 0.3 is 19.8 Å². The average Bonchev–Trinajstić information content (AvgIpc) is 3.14. The first kappa shape index (κ1) is 51.1. The Morgan fingerprint density at radius 3 is 1.69 bits per heavy atom. The first-order valence-corrected chi connectivity index (χ1v) is 21.6. The van der Waals surface area contributed by atoms with Gasteiger partial charge in [-0.3, -0.25) is 14.1 Å². The van der Waals surface area contributed by atoms with Gasteiger partial charge in [0.1, 0.15) is 6.61 Å². The Morgan fingerprint density at radius 1 is 0.574 bits per heavy atom. The summed E-state index contributed by atoms with van der Waals surface area (Å²) in [6.45, 7) is 3.30. The van der Waals surface area contributed by atoms with Crippen molar-refractivity contribution < 1.29 is 48.2 Å². The Hall–Kier alpha value is -2.85. The van der Waals surface area contributed by atoms with Gasteiger partial charge in [0.15, 0.2) is 6.10 Å². The van der Waals surface area contributed by atoms with E-state index in [0.29, 0.717) is 25.7 Å². The summed E-state index contributed by atoms with van der Waals surface area (Å²) >= 11 is 0. The van der Waals surface area contributed by atoms with Crippen molar-refractivity contribution in [2.24, 2.45) is 0 Å². The molecule has 4 N–H and O–H groups in total. The Balaban J connectivity index is 4.21. The van der Waals surface area contributed by atoms with Crippen LogP contribution >= 0.6 is 7.82 Å². The molecule has 0 aromatic rings. The molecule has 0 aromatic carbocycles. The molecule has 0 saturated heterocycles. The van der Waals surface area contributed by atoms with Gasteiger partial charge in [-0.15, -0.1) is 0 Å². The Labute approximate surface area is 326 Å². The molecule has 0 aromatic heterocycles. The molecule has 0 unspecified atom stereocenters. The molecular weight excluding hydrogens is 707 g/mol. The van der Waals surface area contributed by atoms with Gasteiger partial charge in [-0.25, -0.2) is 4.57 Å². The molecule has 3 atom stereocenters. The highest BCUT2D eigenvalue weighted by Gasteiger charge is 2.23. The molecule has 0 spiro atoms. The summed E-state index contributed by atoms with van der Waals surface area (Å²) in [6, 6.07) is 0. The standard InChI is InChI=1S/C43H71O10P/c1-3-5-7-9-11-12-13-14-15-16-17-18-19-20-21-22-23-27-31-35-42(46)51-37-39(38-52-54(48,49)50)53-43(47)36-32-28-24-26-30-34-41(45)40(44)33-29-25-10-8-6-4-2/h5,7,11-12,14-15,17-18,20-21,23,25,27,29,39-41,44-45H,3-4,6,8-10,13,16,19,22,24,26,28,30-38H2,1-2H3,(H2,48,49,50)/b7-5-,12-11-,15-14-,18-17-,21-20-,27-23-,29-25-/t39-,40+,41+/m1/s1. The molecule has 0 radical (unpaired) electrons. The smallest absolute Gasteiger partial charge is 0.462 e. The van der Waals surface area contributed by atoms with Crippen LogP contribution in [0, 0.1) is 0 Å². The third-order valence-electron chi connectivity index (χ3n) is 8.11. The van der Waals surface area contributed by atoms with Crippen LogP contribution in [0.5, 0.6) is 0 Å². The summed E-state index contributed by atoms with van der Waals surface area (Å²) in [7, 11) is -4.82. The van der Waals surface area contributed by atoms with E-state index >= 15 is 0 Å². The lowest BCUT2D eigenvalue weighted by atomic mass is 10.0. The summed E-state index contributed by atoms with van der Waals surface area (Å²) < 4.78 is 26.2. The molecule has 0 fully saturated rings. The fourth-order valence-corrected chi connectivity index (χ4v) is 5.37. The molecule has 0 heterocycles. The van der Waals surface area contributed by atoms with Crippen molar-refractivity contribution in [3.63, 3.8) is 0 Å². The number of rotatable bonds is 35. The molecule has 308 valence electrons. The van der Waals surface area contributed by atoms with Crippen molar-refractivity contribution in [3.8, 4) is 0 Å². The number of hydrogen-bond acceptors (Lipinski definition) is 8. The molecule has 0 bridgehead atoms. The number of phosphoric ester groups is 1. The number of allylic oxidation sites excluding steroid dienone is 13. The molecular formula is C43H71O10P. The minimum Gasteiger partial charge on any atom is -0.462 e. The van der Waals surface area contributed by atoms with Gasteiger partial charge in [0.25, 0.3) is 0 Å². The van der Waals surface area contributed by atoms with Gasteiger partial charge in [-0.2, -0.15) is 0 Å². The summed E-state index contributed by atoms with van der Waals surface area (Å²) in [5, 5.41) is 20.3. The Morgan fingerprint density at radius 2 is 1.11 bits per heavy atom. The molecule has 0 aliphatic heterocycles. The molecule has 0 aliphatic rings. The number of aliphatic hydroxyl groups is 2. The van der Waals surface area contributed by atoms with Crippen LogP contribution in [0.3, 0.4) is 0 Å². The predicted molar refractivity (Wildman–Crippen MR) is 219 cm³/mol. The van der Waals surface area contributed by atoms with Crippen molar-refractivity contribution in [2.75, 3.05) is 13.2 Å². The van der Waals surface area contributed by atoms with E-state index in [1.165, 1.54) is 12.8 Å². The SMILES string of the molecule is CC/C=C\C/C=C\C/C=C\C/C=C\C/C=C\C/C=C\CCC(=O)OC[C@H](COP(=O)(O)O)OC(=O)CCCCCCC[C@H](O)[C@@H](O)C/C=C\CCCCC. The molecule has 0 amide bonds. The molecule has 0 rings (SSSR count). The second-order valence-corrected chi connectivity index (χ2v) is 14.4. The summed E-state index contributed by atoms with van der Waals surface area (Å²) in [5.74, 6) is -1.10. The normalized spacial score (nSPS) is 14.6. The van der Waals surface area contributed by atoms with E-state index in [0.717, 1.165) is 77.0 Å². The third-order valence-corrected chi connectivity index (χ3v) is 8.60. The maximum Gasteiger partial charge on any atom is 0.469 e. The fourth-order valence-electron chi connectivity index (χ4n) is 5.01. The minimum absolute atomic E-state index is 0.0922. The maximum atomic E-state index is 12.4. The van der Waals surface area contributed by atoms with Crippen LogP contribution in [0.2, 0.25) is 0 Å². The first-order chi connectivity index (χ1) is 26.1. The predicted octanol–water partition coefficient (Wildman–Crippen LogP) is 10.0. The zero-order valence-corrected chi connectivity index (χ0v) is 34.0. The van der Waals surface area contributed by atoms with E-state index in [1.54, 1.807) is 0 Å². The second-order valence-electron chi connectivity index (χ2n) is 13.2. The van der Waals surface area contributed by atoms with Crippen LogP contribution in [0.25, 0.3) is 0 Å². The number of hydrogen-bond donors (Lipinski definition) is 4. The van der Waals surface area contributed by atoms with Crippen LogP contribution < -0.4 is 0 Å². The van der Waals surface area contributed by atoms with Gasteiger partial charge in [-0.1, -0.05) is 137 Å². The van der Waals surface area contributed by atoms with Gasteiger partial charge < -0.3 is 29.5 Å². The molecule has 54 heavy (non-hydrogen) atoms. The number of carbonyl (C=O) groups excluding carboxylic acids is 2. The topological polar surface area (TPSA) is 160 Å². The molecule has 11 heteroatoms. The largest absolute Gasteiger partial charge is 0.469 e. The summed E-state index contributed by atoms with van der Waals surface area (Å²) in [4.78, 5) is 42.8. The third kappa shape index (κ3) is 37.5. The molecule has 10 nitrogen and oxygen atoms in total. The highest BCUT2D eigenvalue weighted by atomic mass is 31.2. The van der Waals surface area contributed by atoms with Crippen molar-refractivity contribution in [2.45, 2.75) is 161 Å². The van der Waals surface area contributed by atoms with Crippen molar-refractivity contribution >= 4 is 19.8 Å². The van der Waals surface area contributed by atoms with E-state index in [-0.39, 0.29) is 19.4 Å². The van der Waals surface area contributed by atoms with E-state index in [9.17, 15) is 24.4 Å². The molecule has 0 aliphatic carbocycles. The van der Waals surface area contributed by atoms with E-state index in [1.807, 2.05) is 18.2 Å². The van der Waals surface area contributed by atoms with E-state index in [4.69, 9.17) is 19.3 Å². The number of ether oxygens (including phenoxy) is 2. The highest BCUT2D eigenvalue weighted by molar-refractivity contribution is 7.46. The van der Waals surface area contributed by atoms with Crippen molar-refractivity contribution in [1.29, 1.82) is 0 Å². The minimum atomic E-state index is -4.82. The zero-order valence-electron chi connectivity index (χ0n) is 33.1. The van der Waals surface area contributed by atoms with Crippen LogP contribution in [0.4, 0.5) is 0 Å². The van der Waals surface area contributed by atoms with Crippen LogP contribution in [-0.4, -0.2) is 63.5 Å². The molecule has 0 saturated carbocycles. The number of carbonyl (C=O) groups is 2. The Bertz CT molecular complexity index is 1180. The van der Waals surface area contributed by atoms with Gasteiger partial charge in [0.05, 0.1) is 18.8 Å². The number of esters is 2. The van der Waals surface area contributed by atoms with E-state index in [2.05, 4.69) is 85.2 Å². The maximum absolute atomic E-state index is 12.4. The first-order valence-electron chi connectivity index (χ1n) is 20.0. The second kappa shape index (κ2) is 37.1. The number of unbranched alkanes of at least 4 members (excludes halogenated alkanes) is 7. The van der Waals surface area contributed by atoms with Crippen molar-refractivity contribution in [3.05, 3.63) is 85.1 Å². The van der Waals surface area contributed by atoms with Gasteiger partial charge in [0.2, 0.25) is 0 Å². The summed E-state index contributed by atoms with van der Waals surface area (Å²) in [5.41, 5.74) is 0. The van der Waals surface area contributed by atoms with Crippen LogP contribution in [0.1, 0.15) is 142 Å². The fraction of sp³-hybridized carbons (Fsp3) is 0.628. The van der Waals surface area contributed by atoms with Gasteiger partial charge in [0, 0.05) is 12.8 Å². The number of aliphatic hydroxyl groups excluding tert-OH is 2.